The molecule has 49 heavy (non-hydrogen) atoms. The second kappa shape index (κ2) is 18.8. The Morgan fingerprint density at radius 2 is 1.59 bits per heavy atom. The van der Waals surface area contributed by atoms with Crippen LogP contribution < -0.4 is 10.6 Å². The molecule has 6 N–H and O–H groups in total. The second-order valence-corrected chi connectivity index (χ2v) is 13.9. The van der Waals surface area contributed by atoms with Crippen molar-refractivity contribution in [3.63, 3.8) is 0 Å². The van der Waals surface area contributed by atoms with Crippen LogP contribution in [0.25, 0.3) is 11.1 Å². The zero-order valence-corrected chi connectivity index (χ0v) is 33.0. The molecule has 0 heterocycles. The van der Waals surface area contributed by atoms with Gasteiger partial charge in [0.1, 0.15) is 19.3 Å². The molecule has 18 heteroatoms. The third-order valence-corrected chi connectivity index (χ3v) is 10.0. The normalized spacial score (nSPS) is 12.5. The molecule has 1 unspecified atom stereocenters. The van der Waals surface area contributed by atoms with E-state index in [1.807, 2.05) is 48.5 Å². The van der Waals surface area contributed by atoms with Crippen LogP contribution in [-0.4, -0.2) is 82.7 Å². The smallest absolute Gasteiger partial charge is 0.469 e. The van der Waals surface area contributed by atoms with Crippen molar-refractivity contribution in [2.75, 3.05) is 38.7 Å². The van der Waals surface area contributed by atoms with Crippen molar-refractivity contribution in [1.29, 1.82) is 0 Å². The summed E-state index contributed by atoms with van der Waals surface area (Å²) < 4.78 is 26.1. The number of carbonyl (C=O) groups excluding carboxylic acids is 2. The maximum Gasteiger partial charge on any atom is 0.469 e. The van der Waals surface area contributed by atoms with Crippen molar-refractivity contribution in [3.8, 4) is 11.1 Å². The molecule has 0 saturated heterocycles. The Hall–Kier alpha value is -5.40. The fourth-order valence-corrected chi connectivity index (χ4v) is 7.71. The predicted molar refractivity (Wildman–Crippen MR) is 176 cm³/mol. The average molecular weight is 1220 g/mol. The van der Waals surface area contributed by atoms with Gasteiger partial charge in [0.2, 0.25) is 5.91 Å². The van der Waals surface area contributed by atoms with Gasteiger partial charge in [0.15, 0.2) is 0 Å². The zero-order valence-electron chi connectivity index (χ0n) is 25.7. The van der Waals surface area contributed by atoms with E-state index in [0.717, 1.165) is 32.7 Å². The van der Waals surface area contributed by atoms with E-state index >= 15 is 0 Å². The van der Waals surface area contributed by atoms with Gasteiger partial charge in [-0.1, -0.05) is 82.3 Å². The fourth-order valence-electron chi connectivity index (χ4n) is 4.94. The molecular weight excluding hydrogens is 1190 g/mol. The summed E-state index contributed by atoms with van der Waals surface area (Å²) >= 11 is 0. The van der Waals surface area contributed by atoms with E-state index in [0.29, 0.717) is 12.0 Å². The Kier molecular flexibility index (Phi) is 15.3. The van der Waals surface area contributed by atoms with Crippen molar-refractivity contribution in [2.45, 2.75) is 29.9 Å². The Morgan fingerprint density at radius 3 is 2.20 bits per heavy atom. The summed E-state index contributed by atoms with van der Waals surface area (Å²) in [5.41, 5.74) is 5.67. The summed E-state index contributed by atoms with van der Waals surface area (Å²) in [7, 11) is -2.14. The summed E-state index contributed by atoms with van der Waals surface area (Å²) in [5, 5.41) is 23.5. The van der Waals surface area contributed by atoms with Crippen LogP contribution in [0.2, 0.25) is 0 Å². The number of aliphatic carboxylic acids is 1. The Bertz CT molecular complexity index is 1570. The van der Waals surface area contributed by atoms with E-state index in [1.54, 1.807) is 18.2 Å². The van der Waals surface area contributed by atoms with Crippen molar-refractivity contribution in [3.05, 3.63) is 89.0 Å². The molecule has 2 amide bonds. The second-order valence-electron chi connectivity index (χ2n) is 10.3. The first-order valence-corrected chi connectivity index (χ1v) is 18.3. The van der Waals surface area contributed by atoms with Gasteiger partial charge in [-0.25, -0.2) is 14.2 Å². The summed E-state index contributed by atoms with van der Waals surface area (Å²) in [6.45, 7) is -1.09. The minimum atomic E-state index is -4.72. The van der Waals surface area contributed by atoms with Crippen LogP contribution in [0.15, 0.2) is 71.6 Å². The first kappa shape index (κ1) is 39.8. The number of ether oxygens (including phenoxy) is 2. The molecule has 0 saturated carbocycles. The number of phosphoric acid groups is 1. The number of aliphatic hydroxyl groups excluding tert-OH is 1. The molecule has 3 aromatic rings. The number of amides is 2. The van der Waals surface area contributed by atoms with E-state index < -0.39 is 45.0 Å². The van der Waals surface area contributed by atoms with E-state index in [-0.39, 0.29) is 38.0 Å². The fraction of sp³-hybridized carbons (Fsp3) is 0.323. The molecule has 0 aromatic heterocycles. The number of carboxylic acid groups (broad SMARTS) is 1. The maximum absolute atomic E-state index is 13.1. The maximum atomic E-state index is 13.1. The molecule has 0 bridgehead atoms. The van der Waals surface area contributed by atoms with Gasteiger partial charge in [0.05, 0.1) is 19.8 Å². The summed E-state index contributed by atoms with van der Waals surface area (Å²) in [4.78, 5) is 55.5. The topological polar surface area (TPSA) is 201 Å². The van der Waals surface area contributed by atoms with Crippen LogP contribution in [-0.2, 0) is 41.2 Å². The van der Waals surface area contributed by atoms with E-state index in [2.05, 4.69) is 15.2 Å². The number of benzene rings is 3. The molecule has 0 fully saturated rings. The van der Waals surface area contributed by atoms with Crippen LogP contribution in [0, 0.1) is 0 Å². The minimum absolute atomic E-state index is 0. The van der Waals surface area contributed by atoms with Crippen LogP contribution >= 0.6 is 29.4 Å². The molecule has 0 aliphatic heterocycles. The molecule has 4 rings (SSSR count). The molecular formula is C31H35Fm2N2O11PS2. The number of carboxylic acids is 1. The minimum Gasteiger partial charge on any atom is -0.480 e. The molecule has 1 atom stereocenters. The molecule has 3 aromatic carbocycles. The monoisotopic (exact) mass is 1220 g/mol. The van der Waals surface area contributed by atoms with Crippen molar-refractivity contribution < 1.29 is 52.9 Å². The molecule has 1 aliphatic rings. The van der Waals surface area contributed by atoms with Crippen molar-refractivity contribution >= 4 is 47.4 Å². The number of carbonyl (C=O) groups is 3. The average Bonchev–Trinajstić information content (AvgIpc) is 3.37. The van der Waals surface area contributed by atoms with Gasteiger partial charge in [0, 0.05) is 23.1 Å². The predicted octanol–water partition coefficient (Wildman–Crippen LogP) is 3.70. The van der Waals surface area contributed by atoms with Gasteiger partial charge in [-0.2, -0.15) is 0 Å². The molecule has 276 valence electrons. The van der Waals surface area contributed by atoms with Crippen LogP contribution in [0.1, 0.15) is 28.2 Å². The Morgan fingerprint density at radius 1 is 0.939 bits per heavy atom. The number of hydrogen-bond acceptors (Lipinski definition) is 10. The molecule has 13 nitrogen and oxygen atoms in total. The van der Waals surface area contributed by atoms with Gasteiger partial charge in [-0.05, 0) is 45.9 Å². The number of alkyl carbamates (subject to hydrolysis) is 1. The van der Waals surface area contributed by atoms with Crippen LogP contribution in [0.5, 0.6) is 0 Å². The third-order valence-electron chi connectivity index (χ3n) is 7.05. The largest absolute Gasteiger partial charge is 0.480 e. The molecule has 0 radical (unpaired) electrons. The first-order valence-electron chi connectivity index (χ1n) is 14.5. The van der Waals surface area contributed by atoms with Gasteiger partial charge in [-0.15, -0.1) is 0 Å². The Balaban J connectivity index is 0.00000417. The van der Waals surface area contributed by atoms with E-state index in [4.69, 9.17) is 24.4 Å². The van der Waals surface area contributed by atoms with Gasteiger partial charge in [0.25, 0.3) is 0 Å². The zero-order chi connectivity index (χ0) is 33.8. The van der Waals surface area contributed by atoms with E-state index in [1.165, 1.54) is 21.6 Å². The van der Waals surface area contributed by atoms with Gasteiger partial charge < -0.3 is 40.1 Å². The summed E-state index contributed by atoms with van der Waals surface area (Å²) in [6, 6.07) is 20.0. The van der Waals surface area contributed by atoms with E-state index in [9.17, 15) is 24.1 Å². The quantitative estimate of drug-likeness (QED) is 0.0613. The standard InChI is InChI=1S/C31H35N2O11PS2.2Fm/c34-16-20-9-10-28(21(15-20)11-13-42-18-29(35)36)47-46-19-27(30(37)32-12-14-44-45(39,40)41)33-31(38)43-17-26-24-7-3-1-5-22(24)23-6-2-4-8-25(23)26;;/h1-10,15,26-27,34H,11-14,16-19H2,(H,32,37)(H,33,38)(H,35,36)(H2,39,40,41);;. The first-order chi connectivity index (χ1) is 22.6. The Labute approximate surface area is 279 Å². The summed E-state index contributed by atoms with van der Waals surface area (Å²) in [6.07, 6.45) is -0.432. The number of nitrogens with one attached hydrogen (secondary N) is 2. The van der Waals surface area contributed by atoms with Gasteiger partial charge in [-0.3, -0.25) is 9.32 Å². The number of rotatable bonds is 18. The number of aliphatic hydroxyl groups is 1. The van der Waals surface area contributed by atoms with Crippen LogP contribution in [0.3, 0.4) is 0 Å². The number of phosphoric ester groups is 1. The van der Waals surface area contributed by atoms with Gasteiger partial charge >= 0.3 is 19.9 Å². The molecule has 0 spiro atoms. The number of hydrogen-bond donors (Lipinski definition) is 6. The summed E-state index contributed by atoms with van der Waals surface area (Å²) in [5.74, 6) is -1.80. The SMILES string of the molecule is O=C(O)COCCc1cc(CO)ccc1SSCC(NC(=O)OCC1c2ccccc2-c2ccccc21)C(=O)NCCOP(=O)(O)O.[Fm].[Fm]. The third kappa shape index (κ3) is 11.7. The number of fused-ring (bicyclic) bond motifs is 3. The molecule has 1 aliphatic carbocycles. The van der Waals surface area contributed by atoms with Crippen molar-refractivity contribution in [1.82, 2.24) is 10.6 Å². The van der Waals surface area contributed by atoms with Crippen LogP contribution in [0.4, 0.5) is 4.79 Å². The van der Waals surface area contributed by atoms with Crippen molar-refractivity contribution in [2.24, 2.45) is 0 Å².